The van der Waals surface area contributed by atoms with E-state index in [4.69, 9.17) is 10.4 Å². The van der Waals surface area contributed by atoms with Gasteiger partial charge in [0.2, 0.25) is 0 Å². The van der Waals surface area contributed by atoms with Crippen LogP contribution in [0.4, 0.5) is 0 Å². The fourth-order valence-corrected chi connectivity index (χ4v) is 0.961. The monoisotopic (exact) mass is 228 g/mol. The second-order valence-electron chi connectivity index (χ2n) is 3.23. The van der Waals surface area contributed by atoms with Crippen molar-refractivity contribution in [2.24, 2.45) is 0 Å². The summed E-state index contributed by atoms with van der Waals surface area (Å²) >= 11 is 0. The highest BCUT2D eigenvalue weighted by Crippen LogP contribution is 2.02. The van der Waals surface area contributed by atoms with Gasteiger partial charge in [0.05, 0.1) is 0 Å². The number of hydrogen-bond donors (Lipinski definition) is 4. The van der Waals surface area contributed by atoms with Crippen LogP contribution in [-0.2, 0) is 9.59 Å². The van der Waals surface area contributed by atoms with Crippen molar-refractivity contribution < 1.29 is 20.0 Å². The fraction of sp³-hybridized carbons (Fsp3) is 0.400. The van der Waals surface area contributed by atoms with Crippen molar-refractivity contribution in [3.05, 3.63) is 23.3 Å². The van der Waals surface area contributed by atoms with Crippen LogP contribution in [0.25, 0.3) is 0 Å². The SMILES string of the molecule is C/C(=C\CC/C=C(\C)C(=O)NO)C(=O)NO. The second-order valence-corrected chi connectivity index (χ2v) is 3.23. The van der Waals surface area contributed by atoms with Crippen LogP contribution >= 0.6 is 0 Å². The average Bonchev–Trinajstić information content (AvgIpc) is 2.31. The number of carbonyl (C=O) groups excluding carboxylic acids is 2. The Hall–Kier alpha value is -1.66. The smallest absolute Gasteiger partial charge is 0.269 e. The van der Waals surface area contributed by atoms with Gasteiger partial charge in [-0.25, -0.2) is 11.0 Å². The molecule has 0 fully saturated rings. The number of carbonyl (C=O) groups is 2. The van der Waals surface area contributed by atoms with E-state index in [0.717, 1.165) is 0 Å². The van der Waals surface area contributed by atoms with Crippen LogP contribution in [0.5, 0.6) is 0 Å². The Morgan fingerprint density at radius 2 is 1.25 bits per heavy atom. The summed E-state index contributed by atoms with van der Waals surface area (Å²) in [6.45, 7) is 3.14. The molecule has 6 nitrogen and oxygen atoms in total. The molecule has 0 radical (unpaired) electrons. The molecule has 0 saturated heterocycles. The van der Waals surface area contributed by atoms with Gasteiger partial charge in [0, 0.05) is 11.1 Å². The van der Waals surface area contributed by atoms with Gasteiger partial charge in [-0.3, -0.25) is 20.0 Å². The summed E-state index contributed by atoms with van der Waals surface area (Å²) in [6, 6.07) is 0. The lowest BCUT2D eigenvalue weighted by Crippen LogP contribution is -2.19. The molecule has 0 heterocycles. The minimum atomic E-state index is -0.547. The third-order valence-electron chi connectivity index (χ3n) is 1.99. The van der Waals surface area contributed by atoms with E-state index in [-0.39, 0.29) is 0 Å². The van der Waals surface area contributed by atoms with Gasteiger partial charge < -0.3 is 0 Å². The first kappa shape index (κ1) is 14.3. The van der Waals surface area contributed by atoms with E-state index in [2.05, 4.69) is 0 Å². The Kier molecular flexibility index (Phi) is 6.82. The second kappa shape index (κ2) is 7.61. The maximum Gasteiger partial charge on any atom is 0.269 e. The van der Waals surface area contributed by atoms with Gasteiger partial charge in [-0.1, -0.05) is 12.2 Å². The average molecular weight is 228 g/mol. The Morgan fingerprint density at radius 1 is 0.938 bits per heavy atom. The molecule has 0 aliphatic rings. The van der Waals surface area contributed by atoms with Crippen LogP contribution in [0.1, 0.15) is 26.7 Å². The number of allylic oxidation sites excluding steroid dienone is 2. The molecule has 6 heteroatoms. The van der Waals surface area contributed by atoms with Gasteiger partial charge >= 0.3 is 0 Å². The molecule has 0 atom stereocenters. The molecule has 0 unspecified atom stereocenters. The van der Waals surface area contributed by atoms with Crippen molar-refractivity contribution >= 4 is 11.8 Å². The van der Waals surface area contributed by atoms with E-state index in [9.17, 15) is 9.59 Å². The predicted molar refractivity (Wildman–Crippen MR) is 56.6 cm³/mol. The van der Waals surface area contributed by atoms with Crippen LogP contribution in [-0.4, -0.2) is 22.2 Å². The summed E-state index contributed by atoms with van der Waals surface area (Å²) in [6.07, 6.45) is 4.42. The number of unbranched alkanes of at least 4 members (excludes halogenated alkanes) is 1. The molecule has 0 aromatic carbocycles. The first-order chi connectivity index (χ1) is 7.52. The number of hydrogen-bond acceptors (Lipinski definition) is 4. The number of rotatable bonds is 5. The topological polar surface area (TPSA) is 98.7 Å². The van der Waals surface area contributed by atoms with E-state index in [1.807, 2.05) is 0 Å². The highest BCUT2D eigenvalue weighted by atomic mass is 16.5. The molecule has 0 aliphatic heterocycles. The first-order valence-corrected chi connectivity index (χ1v) is 4.75. The summed E-state index contributed by atoms with van der Waals surface area (Å²) in [7, 11) is 0. The third-order valence-corrected chi connectivity index (χ3v) is 1.99. The van der Waals surface area contributed by atoms with Crippen LogP contribution < -0.4 is 11.0 Å². The Balaban J connectivity index is 4.09. The molecule has 90 valence electrons. The lowest BCUT2D eigenvalue weighted by molar-refractivity contribution is -0.125. The fourth-order valence-electron chi connectivity index (χ4n) is 0.961. The molecule has 0 bridgehead atoms. The summed E-state index contributed by atoms with van der Waals surface area (Å²) in [4.78, 5) is 21.7. The highest BCUT2D eigenvalue weighted by Gasteiger charge is 2.01. The Morgan fingerprint density at radius 3 is 1.50 bits per heavy atom. The van der Waals surface area contributed by atoms with Crippen molar-refractivity contribution in [1.29, 1.82) is 0 Å². The first-order valence-electron chi connectivity index (χ1n) is 4.75. The van der Waals surface area contributed by atoms with E-state index >= 15 is 0 Å². The zero-order valence-electron chi connectivity index (χ0n) is 9.28. The quantitative estimate of drug-likeness (QED) is 0.240. The molecule has 0 rings (SSSR count). The predicted octanol–water partition coefficient (Wildman–Crippen LogP) is 0.670. The van der Waals surface area contributed by atoms with Crippen molar-refractivity contribution in [2.45, 2.75) is 26.7 Å². The van der Waals surface area contributed by atoms with Gasteiger partial charge in [-0.2, -0.15) is 0 Å². The zero-order valence-corrected chi connectivity index (χ0v) is 9.28. The minimum Gasteiger partial charge on any atom is -0.288 e. The van der Waals surface area contributed by atoms with E-state index < -0.39 is 11.8 Å². The van der Waals surface area contributed by atoms with Crippen LogP contribution in [0.15, 0.2) is 23.3 Å². The van der Waals surface area contributed by atoms with Gasteiger partial charge in [-0.05, 0) is 26.7 Å². The molecule has 4 N–H and O–H groups in total. The maximum atomic E-state index is 10.9. The van der Waals surface area contributed by atoms with Crippen LogP contribution in [0, 0.1) is 0 Å². The third kappa shape index (κ3) is 5.28. The molecular weight excluding hydrogens is 212 g/mol. The number of nitrogens with one attached hydrogen (secondary N) is 2. The molecule has 16 heavy (non-hydrogen) atoms. The lowest BCUT2D eigenvalue weighted by Gasteiger charge is -1.98. The van der Waals surface area contributed by atoms with Crippen molar-refractivity contribution in [3.63, 3.8) is 0 Å². The van der Waals surface area contributed by atoms with Crippen molar-refractivity contribution in [2.75, 3.05) is 0 Å². The van der Waals surface area contributed by atoms with Gasteiger partial charge in [-0.15, -0.1) is 0 Å². The van der Waals surface area contributed by atoms with Gasteiger partial charge in [0.15, 0.2) is 0 Å². The normalized spacial score (nSPS) is 12.2. The molecule has 2 amide bonds. The maximum absolute atomic E-state index is 10.9. The molecule has 0 aliphatic carbocycles. The molecule has 0 saturated carbocycles. The summed E-state index contributed by atoms with van der Waals surface area (Å²) in [5.41, 5.74) is 3.85. The highest BCUT2D eigenvalue weighted by molar-refractivity contribution is 5.92. The van der Waals surface area contributed by atoms with Crippen molar-refractivity contribution in [1.82, 2.24) is 11.0 Å². The Bertz CT molecular complexity index is 289. The van der Waals surface area contributed by atoms with E-state index in [1.54, 1.807) is 26.0 Å². The molecule has 0 aromatic rings. The van der Waals surface area contributed by atoms with E-state index in [1.165, 1.54) is 11.0 Å². The Labute approximate surface area is 93.6 Å². The van der Waals surface area contributed by atoms with Crippen LogP contribution in [0.3, 0.4) is 0 Å². The molecule has 0 aromatic heterocycles. The lowest BCUT2D eigenvalue weighted by atomic mass is 10.1. The zero-order chi connectivity index (χ0) is 12.6. The van der Waals surface area contributed by atoms with E-state index in [0.29, 0.717) is 24.0 Å². The molecular formula is C10H16N2O4. The number of amides is 2. The van der Waals surface area contributed by atoms with Gasteiger partial charge in [0.1, 0.15) is 0 Å². The number of hydroxylamine groups is 2. The largest absolute Gasteiger partial charge is 0.288 e. The van der Waals surface area contributed by atoms with Crippen molar-refractivity contribution in [3.8, 4) is 0 Å². The standard InChI is InChI=1S/C10H16N2O4/c1-7(9(13)11-15)5-3-4-6-8(2)10(14)12-16/h5-6,15-16H,3-4H2,1-2H3,(H,11,13)(H,12,14)/b7-5+,8-6+. The van der Waals surface area contributed by atoms with Crippen LogP contribution in [0.2, 0.25) is 0 Å². The summed E-state index contributed by atoms with van der Waals surface area (Å²) in [5, 5.41) is 16.6. The molecule has 0 spiro atoms. The minimum absolute atomic E-state index is 0.403. The summed E-state index contributed by atoms with van der Waals surface area (Å²) < 4.78 is 0. The van der Waals surface area contributed by atoms with Gasteiger partial charge in [0.25, 0.3) is 11.8 Å². The summed E-state index contributed by atoms with van der Waals surface area (Å²) in [5.74, 6) is -1.09.